The summed E-state index contributed by atoms with van der Waals surface area (Å²) < 4.78 is 0. The first-order chi connectivity index (χ1) is 10.1. The van der Waals surface area contributed by atoms with Crippen LogP contribution in [-0.4, -0.2) is 30.4 Å². The zero-order chi connectivity index (χ0) is 15.2. The first-order valence-electron chi connectivity index (χ1n) is 8.25. The van der Waals surface area contributed by atoms with Crippen LogP contribution in [0.15, 0.2) is 18.2 Å². The number of carbonyl (C=O) groups excluding carboxylic acids is 1. The molecule has 0 heterocycles. The molecule has 1 amide bonds. The molecule has 0 atom stereocenters. The van der Waals surface area contributed by atoms with Crippen LogP contribution in [0.25, 0.3) is 0 Å². The van der Waals surface area contributed by atoms with Crippen molar-refractivity contribution in [3.05, 3.63) is 29.3 Å². The highest BCUT2D eigenvalue weighted by Crippen LogP contribution is 2.25. The molecule has 1 aromatic rings. The smallest absolute Gasteiger partial charge is 0.255 e. The summed E-state index contributed by atoms with van der Waals surface area (Å²) in [6.45, 7) is 4.93. The van der Waals surface area contributed by atoms with Gasteiger partial charge in [-0.1, -0.05) is 37.3 Å². The third-order valence-corrected chi connectivity index (χ3v) is 4.47. The number of carbonyl (C=O) groups is 1. The maximum Gasteiger partial charge on any atom is 0.255 e. The standard InChI is InChI=1S/C18H28N2O/c1-4-19-17-12-11-14(2)13-16(17)18(21)20(3)15-9-7-5-6-8-10-15/h11-13,15,19H,4-10H2,1-3H3. The lowest BCUT2D eigenvalue weighted by Crippen LogP contribution is -2.37. The molecule has 0 saturated heterocycles. The molecular weight excluding hydrogens is 260 g/mol. The number of nitrogens with one attached hydrogen (secondary N) is 1. The quantitative estimate of drug-likeness (QED) is 0.841. The van der Waals surface area contributed by atoms with Gasteiger partial charge in [-0.25, -0.2) is 0 Å². The Morgan fingerprint density at radius 1 is 1.24 bits per heavy atom. The van der Waals surface area contributed by atoms with E-state index < -0.39 is 0 Å². The molecule has 2 rings (SSSR count). The van der Waals surface area contributed by atoms with Gasteiger partial charge in [-0.3, -0.25) is 4.79 Å². The number of amides is 1. The molecule has 1 aliphatic carbocycles. The largest absolute Gasteiger partial charge is 0.385 e. The summed E-state index contributed by atoms with van der Waals surface area (Å²) in [5, 5.41) is 3.31. The van der Waals surface area contributed by atoms with Gasteiger partial charge in [0.05, 0.1) is 5.56 Å². The lowest BCUT2D eigenvalue weighted by Gasteiger charge is -2.28. The van der Waals surface area contributed by atoms with E-state index in [4.69, 9.17) is 0 Å². The number of rotatable bonds is 4. The highest BCUT2D eigenvalue weighted by Gasteiger charge is 2.23. The predicted molar refractivity (Wildman–Crippen MR) is 88.9 cm³/mol. The van der Waals surface area contributed by atoms with Crippen molar-refractivity contribution in [2.45, 2.75) is 58.4 Å². The molecule has 0 aromatic heterocycles. The molecule has 21 heavy (non-hydrogen) atoms. The van der Waals surface area contributed by atoms with E-state index in [2.05, 4.69) is 18.3 Å². The molecule has 0 spiro atoms. The Bertz CT molecular complexity index is 476. The van der Waals surface area contributed by atoms with Gasteiger partial charge in [0.1, 0.15) is 0 Å². The summed E-state index contributed by atoms with van der Waals surface area (Å²) in [4.78, 5) is 14.9. The van der Waals surface area contributed by atoms with Crippen molar-refractivity contribution in [3.63, 3.8) is 0 Å². The van der Waals surface area contributed by atoms with E-state index in [1.807, 2.05) is 31.0 Å². The van der Waals surface area contributed by atoms with Crippen molar-refractivity contribution in [1.82, 2.24) is 4.90 Å². The fourth-order valence-electron chi connectivity index (χ4n) is 3.18. The normalized spacial score (nSPS) is 16.3. The Hall–Kier alpha value is -1.51. The summed E-state index contributed by atoms with van der Waals surface area (Å²) in [5.74, 6) is 0.154. The molecule has 0 bridgehead atoms. The number of anilines is 1. The van der Waals surface area contributed by atoms with E-state index in [1.54, 1.807) is 0 Å². The number of benzene rings is 1. The first kappa shape index (κ1) is 15.9. The molecule has 1 saturated carbocycles. The van der Waals surface area contributed by atoms with Crippen LogP contribution in [0.4, 0.5) is 5.69 Å². The van der Waals surface area contributed by atoms with E-state index >= 15 is 0 Å². The molecule has 0 radical (unpaired) electrons. The lowest BCUT2D eigenvalue weighted by atomic mass is 10.0. The lowest BCUT2D eigenvalue weighted by molar-refractivity contribution is 0.0718. The molecule has 3 heteroatoms. The molecule has 1 aliphatic rings. The van der Waals surface area contributed by atoms with Gasteiger partial charge >= 0.3 is 0 Å². The van der Waals surface area contributed by atoms with Crippen molar-refractivity contribution in [2.75, 3.05) is 18.9 Å². The summed E-state index contributed by atoms with van der Waals surface area (Å²) in [7, 11) is 1.97. The SMILES string of the molecule is CCNc1ccc(C)cc1C(=O)N(C)C1CCCCCC1. The Morgan fingerprint density at radius 3 is 2.52 bits per heavy atom. The number of aryl methyl sites for hydroxylation is 1. The molecule has 3 nitrogen and oxygen atoms in total. The third kappa shape index (κ3) is 3.99. The number of hydrogen-bond acceptors (Lipinski definition) is 2. The average Bonchev–Trinajstić information content (AvgIpc) is 2.77. The highest BCUT2D eigenvalue weighted by molar-refractivity contribution is 5.99. The summed E-state index contributed by atoms with van der Waals surface area (Å²) >= 11 is 0. The number of hydrogen-bond donors (Lipinski definition) is 1. The van der Waals surface area contributed by atoms with Gasteiger partial charge in [0.2, 0.25) is 0 Å². The van der Waals surface area contributed by atoms with Crippen molar-refractivity contribution in [2.24, 2.45) is 0 Å². The van der Waals surface area contributed by atoms with Crippen LogP contribution in [0.3, 0.4) is 0 Å². The van der Waals surface area contributed by atoms with Gasteiger partial charge in [-0.15, -0.1) is 0 Å². The van der Waals surface area contributed by atoms with Gasteiger partial charge in [-0.05, 0) is 38.8 Å². The van der Waals surface area contributed by atoms with E-state index in [1.165, 1.54) is 25.7 Å². The van der Waals surface area contributed by atoms with Crippen LogP contribution in [0.5, 0.6) is 0 Å². The van der Waals surface area contributed by atoms with Crippen molar-refractivity contribution in [3.8, 4) is 0 Å². The summed E-state index contributed by atoms with van der Waals surface area (Å²) in [6.07, 6.45) is 7.40. The Morgan fingerprint density at radius 2 is 1.90 bits per heavy atom. The Balaban J connectivity index is 2.19. The van der Waals surface area contributed by atoms with Crippen LogP contribution in [-0.2, 0) is 0 Å². The second kappa shape index (κ2) is 7.48. The van der Waals surface area contributed by atoms with Gasteiger partial charge in [0.25, 0.3) is 5.91 Å². The molecule has 1 aromatic carbocycles. The van der Waals surface area contributed by atoms with Crippen LogP contribution in [0.2, 0.25) is 0 Å². The minimum Gasteiger partial charge on any atom is -0.385 e. The second-order valence-electron chi connectivity index (χ2n) is 6.14. The van der Waals surface area contributed by atoms with Gasteiger partial charge in [0.15, 0.2) is 0 Å². The maximum absolute atomic E-state index is 12.9. The maximum atomic E-state index is 12.9. The third-order valence-electron chi connectivity index (χ3n) is 4.47. The monoisotopic (exact) mass is 288 g/mol. The fraction of sp³-hybridized carbons (Fsp3) is 0.611. The van der Waals surface area contributed by atoms with E-state index in [0.29, 0.717) is 6.04 Å². The van der Waals surface area contributed by atoms with Gasteiger partial charge in [0, 0.05) is 25.3 Å². The second-order valence-corrected chi connectivity index (χ2v) is 6.14. The summed E-state index contributed by atoms with van der Waals surface area (Å²) in [6, 6.07) is 6.48. The molecule has 0 aliphatic heterocycles. The van der Waals surface area contributed by atoms with Crippen molar-refractivity contribution < 1.29 is 4.79 Å². The molecule has 1 N–H and O–H groups in total. The van der Waals surface area contributed by atoms with Crippen molar-refractivity contribution in [1.29, 1.82) is 0 Å². The predicted octanol–water partition coefficient (Wildman–Crippen LogP) is 4.22. The number of nitrogens with zero attached hydrogens (tertiary/aromatic N) is 1. The van der Waals surface area contributed by atoms with E-state index in [0.717, 1.165) is 36.2 Å². The van der Waals surface area contributed by atoms with Crippen LogP contribution in [0.1, 0.15) is 61.4 Å². The minimum atomic E-state index is 0.154. The Kier molecular flexibility index (Phi) is 5.66. The van der Waals surface area contributed by atoms with Crippen molar-refractivity contribution >= 4 is 11.6 Å². The molecular formula is C18H28N2O. The topological polar surface area (TPSA) is 32.3 Å². The Labute approximate surface area is 128 Å². The van der Waals surface area contributed by atoms with Crippen LogP contribution >= 0.6 is 0 Å². The zero-order valence-electron chi connectivity index (χ0n) is 13.6. The minimum absolute atomic E-state index is 0.154. The van der Waals surface area contributed by atoms with Crippen LogP contribution < -0.4 is 5.32 Å². The van der Waals surface area contributed by atoms with E-state index in [9.17, 15) is 4.79 Å². The van der Waals surface area contributed by atoms with E-state index in [-0.39, 0.29) is 5.91 Å². The molecule has 0 unspecified atom stereocenters. The zero-order valence-corrected chi connectivity index (χ0v) is 13.6. The molecule has 1 fully saturated rings. The van der Waals surface area contributed by atoms with Crippen LogP contribution in [0, 0.1) is 6.92 Å². The average molecular weight is 288 g/mol. The van der Waals surface area contributed by atoms with Gasteiger partial charge in [-0.2, -0.15) is 0 Å². The first-order valence-corrected chi connectivity index (χ1v) is 8.25. The fourth-order valence-corrected chi connectivity index (χ4v) is 3.18. The highest BCUT2D eigenvalue weighted by atomic mass is 16.2. The summed E-state index contributed by atoms with van der Waals surface area (Å²) in [5.41, 5.74) is 2.89. The van der Waals surface area contributed by atoms with Gasteiger partial charge < -0.3 is 10.2 Å². The molecule has 116 valence electrons.